The molecule has 0 aromatic heterocycles. The number of aliphatic carboxylic acids is 3. The van der Waals surface area contributed by atoms with E-state index < -0.39 is 17.9 Å². The zero-order valence-electron chi connectivity index (χ0n) is 13.2. The molecule has 0 amide bonds. The van der Waals surface area contributed by atoms with Gasteiger partial charge in [-0.15, -0.1) is 0 Å². The van der Waals surface area contributed by atoms with E-state index >= 15 is 0 Å². The zero-order chi connectivity index (χ0) is 17.0. The summed E-state index contributed by atoms with van der Waals surface area (Å²) < 4.78 is 0. The third-order valence-corrected chi connectivity index (χ3v) is 1.39. The Morgan fingerprint density at radius 2 is 0.810 bits per heavy atom. The average Bonchev–Trinajstić information content (AvgIpc) is 2.32. The van der Waals surface area contributed by atoms with Crippen LogP contribution >= 0.6 is 0 Å². The molecule has 0 fully saturated rings. The summed E-state index contributed by atoms with van der Waals surface area (Å²) in [5, 5.41) is 32.0. The van der Waals surface area contributed by atoms with Gasteiger partial charge in [-0.25, -0.2) is 0 Å². The van der Waals surface area contributed by atoms with Crippen LogP contribution in [0.15, 0.2) is 0 Å². The Morgan fingerprint density at radius 3 is 0.810 bits per heavy atom. The SMILES string of the molecule is CCCC(=O)O.CCCC(=O)O.CCCC(=O)O.C[O-].[Ti]. The summed E-state index contributed by atoms with van der Waals surface area (Å²) >= 11 is 0. The van der Waals surface area contributed by atoms with E-state index in [0.29, 0.717) is 19.3 Å². The van der Waals surface area contributed by atoms with Crippen LogP contribution in [0.25, 0.3) is 0 Å². The first-order chi connectivity index (χ1) is 9.31. The van der Waals surface area contributed by atoms with Crippen LogP contribution in [-0.2, 0) is 36.1 Å². The molecule has 0 spiro atoms. The molecule has 0 aliphatic carbocycles. The molecule has 7 nitrogen and oxygen atoms in total. The smallest absolute Gasteiger partial charge is 0.303 e. The number of hydrogen-bond acceptors (Lipinski definition) is 4. The maximum absolute atomic E-state index is 9.60. The number of rotatable bonds is 6. The normalized spacial score (nSPS) is 7.29. The van der Waals surface area contributed by atoms with E-state index in [2.05, 4.69) is 0 Å². The molecule has 0 unspecified atom stereocenters. The first kappa shape index (κ1) is 32.1. The Bertz CT molecular complexity index is 195. The summed E-state index contributed by atoms with van der Waals surface area (Å²) in [6.07, 6.45) is 3.07. The second kappa shape index (κ2) is 31.5. The first-order valence-electron chi connectivity index (χ1n) is 6.37. The second-order valence-electron chi connectivity index (χ2n) is 3.43. The van der Waals surface area contributed by atoms with E-state index in [9.17, 15) is 14.4 Å². The molecule has 0 saturated heterocycles. The van der Waals surface area contributed by atoms with E-state index in [1.807, 2.05) is 20.8 Å². The number of hydrogen-bond donors (Lipinski definition) is 3. The number of carboxylic acid groups (broad SMARTS) is 3. The topological polar surface area (TPSA) is 135 Å². The van der Waals surface area contributed by atoms with Crippen LogP contribution in [0.4, 0.5) is 0 Å². The van der Waals surface area contributed by atoms with Gasteiger partial charge in [0, 0.05) is 41.0 Å². The fourth-order valence-electron chi connectivity index (χ4n) is 0.642. The summed E-state index contributed by atoms with van der Waals surface area (Å²) in [4.78, 5) is 28.8. The Morgan fingerprint density at radius 1 is 0.667 bits per heavy atom. The van der Waals surface area contributed by atoms with Crippen LogP contribution in [0.1, 0.15) is 59.3 Å². The molecule has 0 aromatic rings. The monoisotopic (exact) mass is 343 g/mol. The second-order valence-corrected chi connectivity index (χ2v) is 3.43. The van der Waals surface area contributed by atoms with E-state index in [1.165, 1.54) is 0 Å². The maximum Gasteiger partial charge on any atom is 0.303 e. The molecule has 0 saturated carbocycles. The van der Waals surface area contributed by atoms with Gasteiger partial charge in [0.05, 0.1) is 0 Å². The molecule has 0 bridgehead atoms. The fourth-order valence-corrected chi connectivity index (χ4v) is 0.642. The number of carbonyl (C=O) groups is 3. The minimum absolute atomic E-state index is 0. The van der Waals surface area contributed by atoms with Crippen molar-refractivity contribution in [3.8, 4) is 0 Å². The summed E-state index contributed by atoms with van der Waals surface area (Å²) in [7, 11) is 0.750. The van der Waals surface area contributed by atoms with Gasteiger partial charge in [0.15, 0.2) is 0 Å². The Balaban J connectivity index is -0.0000000561. The number of carboxylic acids is 3. The first-order valence-corrected chi connectivity index (χ1v) is 6.37. The zero-order valence-corrected chi connectivity index (χ0v) is 14.8. The van der Waals surface area contributed by atoms with E-state index in [0.717, 1.165) is 26.4 Å². The van der Waals surface area contributed by atoms with Gasteiger partial charge in [0.2, 0.25) is 0 Å². The summed E-state index contributed by atoms with van der Waals surface area (Å²) in [5.41, 5.74) is 0. The van der Waals surface area contributed by atoms with Crippen LogP contribution in [0.3, 0.4) is 0 Å². The van der Waals surface area contributed by atoms with Crippen molar-refractivity contribution in [3.63, 3.8) is 0 Å². The summed E-state index contributed by atoms with van der Waals surface area (Å²) in [6.45, 7) is 5.52. The van der Waals surface area contributed by atoms with Crippen molar-refractivity contribution < 1.29 is 56.5 Å². The van der Waals surface area contributed by atoms with Gasteiger partial charge in [-0.3, -0.25) is 14.4 Å². The van der Waals surface area contributed by atoms with Crippen molar-refractivity contribution in [1.29, 1.82) is 0 Å². The minimum Gasteiger partial charge on any atom is -0.857 e. The van der Waals surface area contributed by atoms with Crippen molar-refractivity contribution in [2.24, 2.45) is 0 Å². The van der Waals surface area contributed by atoms with E-state index in [4.69, 9.17) is 20.4 Å². The standard InChI is InChI=1S/3C4H8O2.CH3O.Ti/c3*1-2-3-4(5)6;1-2;/h3*2-3H2,1H3,(H,5,6);1H3;/q;;;-1;. The molecule has 3 N–H and O–H groups in total. The molecule has 0 aliphatic rings. The van der Waals surface area contributed by atoms with Crippen LogP contribution in [0, 0.1) is 0 Å². The summed E-state index contributed by atoms with van der Waals surface area (Å²) in [5.74, 6) is -2.13. The average molecular weight is 343 g/mol. The van der Waals surface area contributed by atoms with Crippen molar-refractivity contribution in [3.05, 3.63) is 0 Å². The third-order valence-electron chi connectivity index (χ3n) is 1.39. The quantitative estimate of drug-likeness (QED) is 0.623. The Labute approximate surface area is 141 Å². The van der Waals surface area contributed by atoms with E-state index in [-0.39, 0.29) is 21.7 Å². The van der Waals surface area contributed by atoms with Gasteiger partial charge in [-0.05, 0) is 19.3 Å². The predicted molar refractivity (Wildman–Crippen MR) is 73.6 cm³/mol. The Kier molecular flexibility index (Phi) is 48.2. The van der Waals surface area contributed by atoms with Gasteiger partial charge in [0.1, 0.15) is 0 Å². The van der Waals surface area contributed by atoms with Crippen LogP contribution in [0.2, 0.25) is 0 Å². The largest absolute Gasteiger partial charge is 0.857 e. The van der Waals surface area contributed by atoms with Crippen LogP contribution in [0.5, 0.6) is 0 Å². The molecule has 0 heterocycles. The van der Waals surface area contributed by atoms with Gasteiger partial charge in [0.25, 0.3) is 0 Å². The van der Waals surface area contributed by atoms with Gasteiger partial charge in [-0.1, -0.05) is 20.8 Å². The molecule has 0 rings (SSSR count). The van der Waals surface area contributed by atoms with Crippen molar-refractivity contribution in [2.75, 3.05) is 7.11 Å². The molecule has 8 heteroatoms. The molecule has 0 atom stereocenters. The van der Waals surface area contributed by atoms with Gasteiger partial charge >= 0.3 is 17.9 Å². The predicted octanol–water partition coefficient (Wildman–Crippen LogP) is 1.59. The van der Waals surface area contributed by atoms with Gasteiger partial charge < -0.3 is 20.4 Å². The van der Waals surface area contributed by atoms with Crippen LogP contribution < -0.4 is 5.11 Å². The molecule has 0 radical (unpaired) electrons. The minimum atomic E-state index is -0.711. The van der Waals surface area contributed by atoms with Crippen molar-refractivity contribution in [2.45, 2.75) is 59.3 Å². The van der Waals surface area contributed by atoms with E-state index in [1.54, 1.807) is 0 Å². The molecule has 0 aliphatic heterocycles. The molecule has 126 valence electrons. The fraction of sp³-hybridized carbons (Fsp3) is 0.769. The maximum atomic E-state index is 9.60. The Hall–Kier alpha value is -0.916. The molecular formula is C13H27O7Ti-. The molecule has 21 heavy (non-hydrogen) atoms. The van der Waals surface area contributed by atoms with Crippen molar-refractivity contribution >= 4 is 17.9 Å². The molecule has 0 aromatic carbocycles. The molecular weight excluding hydrogens is 316 g/mol. The third kappa shape index (κ3) is 85.2. The summed E-state index contributed by atoms with van der Waals surface area (Å²) in [6, 6.07) is 0. The van der Waals surface area contributed by atoms with Crippen molar-refractivity contribution in [1.82, 2.24) is 0 Å². The van der Waals surface area contributed by atoms with Crippen LogP contribution in [-0.4, -0.2) is 40.3 Å². The van der Waals surface area contributed by atoms with Gasteiger partial charge in [-0.2, -0.15) is 7.11 Å².